The Labute approximate surface area is 161 Å². The van der Waals surface area contributed by atoms with Crippen molar-refractivity contribution in [2.24, 2.45) is 0 Å². The van der Waals surface area contributed by atoms with E-state index < -0.39 is 41.6 Å². The average Bonchev–Trinajstić information content (AvgIpc) is 2.35. The van der Waals surface area contributed by atoms with Crippen molar-refractivity contribution in [3.05, 3.63) is 0 Å². The SMILES string of the molecule is O=P([O-])([O-])C(O)P(=O)([O-])OCl.O=P([O-])([O-])C(O)P(=O)([O-])OCl.[U]. The quantitative estimate of drug-likeness (QED) is 0.251. The van der Waals surface area contributed by atoms with Crippen LogP contribution < -0.4 is 29.4 Å². The normalized spacial score (nSPS) is 19.9. The van der Waals surface area contributed by atoms with E-state index in [0.29, 0.717) is 0 Å². The molecule has 0 fully saturated rings. The van der Waals surface area contributed by atoms with E-state index in [0.717, 1.165) is 0 Å². The molecule has 2 N–H and O–H groups in total. The smallest absolute Gasteiger partial charge is 0.189 e. The zero-order valence-electron chi connectivity index (χ0n) is 9.99. The Hall–Kier alpha value is 2.15. The molecule has 0 amide bonds. The summed E-state index contributed by atoms with van der Waals surface area (Å²) in [6.45, 7) is 0. The van der Waals surface area contributed by atoms with Crippen molar-refractivity contribution >= 4 is 54.1 Å². The van der Waals surface area contributed by atoms with E-state index >= 15 is 0 Å². The molecule has 0 aliphatic rings. The summed E-state index contributed by atoms with van der Waals surface area (Å²) >= 11 is 8.52. The Balaban J connectivity index is -0.000000333. The molecule has 0 saturated carbocycles. The third-order valence-electron chi connectivity index (χ3n) is 1.32. The summed E-state index contributed by atoms with van der Waals surface area (Å²) in [6.07, 6.45) is 0. The van der Waals surface area contributed by atoms with E-state index in [4.69, 9.17) is 10.2 Å². The molecule has 0 aromatic carbocycles. The number of aliphatic hydroxyl groups excluding tert-OH is 2. The van der Waals surface area contributed by atoms with Gasteiger partial charge in [-0.3, -0.25) is 0 Å². The molecule has 4 unspecified atom stereocenters. The molecule has 23 heavy (non-hydrogen) atoms. The summed E-state index contributed by atoms with van der Waals surface area (Å²) in [7, 11) is -21.7. The van der Waals surface area contributed by atoms with Crippen LogP contribution in [0.3, 0.4) is 0 Å². The van der Waals surface area contributed by atoms with Gasteiger partial charge in [0, 0.05) is 31.1 Å². The van der Waals surface area contributed by atoms with Crippen molar-refractivity contribution in [3.63, 3.8) is 0 Å². The summed E-state index contributed by atoms with van der Waals surface area (Å²) in [5.74, 6) is 0. The van der Waals surface area contributed by atoms with Crippen LogP contribution in [0, 0.1) is 31.1 Å². The number of aliphatic hydroxyl groups is 2. The molecule has 0 heterocycles. The van der Waals surface area contributed by atoms with E-state index in [1.54, 1.807) is 0 Å². The minimum absolute atomic E-state index is 0. The number of hydrogen-bond donors (Lipinski definition) is 2. The Bertz CT molecular complexity index is 491. The van der Waals surface area contributed by atoms with Gasteiger partial charge in [0.05, 0.1) is 23.7 Å². The maximum absolute atomic E-state index is 10.2. The van der Waals surface area contributed by atoms with E-state index in [2.05, 4.69) is 31.9 Å². The molecule has 0 aliphatic heterocycles. The molecule has 0 aromatic rings. The Kier molecular flexibility index (Phi) is 14.4. The van der Waals surface area contributed by atoms with Crippen molar-refractivity contribution in [1.29, 1.82) is 0 Å². The number of halogens is 2. The molecule has 4 atom stereocenters. The topological polar surface area (TPSA) is 266 Å². The van der Waals surface area contributed by atoms with Gasteiger partial charge in [-0.05, 0) is 15.2 Å². The zero-order valence-corrected chi connectivity index (χ0v) is 19.2. The van der Waals surface area contributed by atoms with Gasteiger partial charge in [0.1, 0.15) is 11.2 Å². The Morgan fingerprint density at radius 3 is 0.913 bits per heavy atom. The van der Waals surface area contributed by atoms with Gasteiger partial charge in [-0.1, -0.05) is 0 Å². The van der Waals surface area contributed by atoms with Crippen LogP contribution in [0.15, 0.2) is 0 Å². The van der Waals surface area contributed by atoms with E-state index in [1.165, 1.54) is 0 Å². The van der Waals surface area contributed by atoms with Crippen molar-refractivity contribution in [3.8, 4) is 0 Å². The average molecular weight is 685 g/mol. The second kappa shape index (κ2) is 11.1. The maximum atomic E-state index is 10.2. The summed E-state index contributed by atoms with van der Waals surface area (Å²) < 4.78 is 46.2. The van der Waals surface area contributed by atoms with Crippen LogP contribution in [0.4, 0.5) is 0 Å². The third-order valence-corrected chi connectivity index (χ3v) is 8.52. The van der Waals surface area contributed by atoms with Gasteiger partial charge >= 0.3 is 0 Å². The van der Waals surface area contributed by atoms with E-state index in [9.17, 15) is 47.6 Å². The maximum Gasteiger partial charge on any atom is 0.189 e. The van der Waals surface area contributed by atoms with E-state index in [1.807, 2.05) is 0 Å². The molecule has 0 bridgehead atoms. The molecule has 0 radical (unpaired) electrons. The van der Waals surface area contributed by atoms with Gasteiger partial charge in [-0.2, -0.15) is 0 Å². The van der Waals surface area contributed by atoms with Crippen molar-refractivity contribution < 1.29 is 97.1 Å². The van der Waals surface area contributed by atoms with Crippen LogP contribution in [-0.4, -0.2) is 21.4 Å². The first kappa shape index (κ1) is 29.9. The van der Waals surface area contributed by atoms with Gasteiger partial charge in [0.25, 0.3) is 0 Å². The largest absolute Gasteiger partial charge is 0.809 e. The van der Waals surface area contributed by atoms with Crippen LogP contribution in [0.5, 0.6) is 0 Å². The van der Waals surface area contributed by atoms with Crippen LogP contribution in [0.25, 0.3) is 0 Å². The van der Waals surface area contributed by atoms with Crippen LogP contribution in [0.2, 0.25) is 0 Å². The fourth-order valence-electron chi connectivity index (χ4n) is 0.418. The van der Waals surface area contributed by atoms with Crippen LogP contribution in [-0.2, 0) is 26.4 Å². The zero-order chi connectivity index (χ0) is 18.6. The van der Waals surface area contributed by atoms with Gasteiger partial charge < -0.3 is 57.8 Å². The van der Waals surface area contributed by atoms with Crippen molar-refractivity contribution in [2.75, 3.05) is 0 Å². The summed E-state index contributed by atoms with van der Waals surface area (Å²) in [5, 5.41) is 16.5. The van der Waals surface area contributed by atoms with Gasteiger partial charge in [-0.15, -0.1) is 0 Å². The fourth-order valence-corrected chi connectivity index (χ4v) is 4.40. The third kappa shape index (κ3) is 11.5. The molecule has 21 heteroatoms. The summed E-state index contributed by atoms with van der Waals surface area (Å²) in [6, 6.07) is 0. The minimum Gasteiger partial charge on any atom is -0.809 e. The molecular weight excluding hydrogens is 681 g/mol. The number of hydrogen-bond acceptors (Lipinski definition) is 14. The van der Waals surface area contributed by atoms with Gasteiger partial charge in [0.15, 0.2) is 15.2 Å². The van der Waals surface area contributed by atoms with Crippen LogP contribution in [0.1, 0.15) is 0 Å². The van der Waals surface area contributed by atoms with Crippen LogP contribution >= 0.6 is 54.1 Å². The molecule has 0 rings (SSSR count). The van der Waals surface area contributed by atoms with Crippen molar-refractivity contribution in [1.82, 2.24) is 0 Å². The van der Waals surface area contributed by atoms with Crippen molar-refractivity contribution in [2.45, 2.75) is 11.2 Å². The Morgan fingerprint density at radius 1 is 0.696 bits per heavy atom. The molecular formula is C2H4Cl2O14P4U-6. The monoisotopic (exact) mass is 684 g/mol. The van der Waals surface area contributed by atoms with Gasteiger partial charge in [-0.25, -0.2) is 8.15 Å². The van der Waals surface area contributed by atoms with E-state index in [-0.39, 0.29) is 31.1 Å². The summed E-state index contributed by atoms with van der Waals surface area (Å²) in [5.41, 5.74) is -6.26. The first-order valence-electron chi connectivity index (χ1n) is 4.05. The van der Waals surface area contributed by atoms with Gasteiger partial charge in [0.2, 0.25) is 0 Å². The predicted molar refractivity (Wildman–Crippen MR) is 56.3 cm³/mol. The first-order valence-corrected chi connectivity index (χ1v) is 11.1. The second-order valence-electron chi connectivity index (χ2n) is 2.99. The fraction of sp³-hybridized carbons (Fsp3) is 1.00. The molecule has 0 saturated heterocycles. The first-order chi connectivity index (χ1) is 9.43. The number of rotatable bonds is 6. The molecule has 140 valence electrons. The predicted octanol–water partition coefficient (Wildman–Crippen LogP) is -4.20. The minimum atomic E-state index is -5.62. The standard InChI is InChI=1S/2CH5ClO7P2.U/c2*2-9-11(7,8)1(3)10(4,5)6;/h2*1,3H,(H,7,8)(H2,4,5,6);/p-6. The molecule has 0 spiro atoms. The molecule has 14 nitrogen and oxygen atoms in total. The molecule has 0 aromatic heterocycles. The molecule has 0 aliphatic carbocycles. The summed E-state index contributed by atoms with van der Waals surface area (Å²) in [4.78, 5) is 59.8. The Morgan fingerprint density at radius 2 is 0.870 bits per heavy atom. The second-order valence-corrected chi connectivity index (χ2v) is 11.2.